The molecule has 0 spiro atoms. The highest BCUT2D eigenvalue weighted by atomic mass is 79.9. The number of pyridine rings is 1. The number of nitro groups is 1. The first-order valence-electron chi connectivity index (χ1n) is 5.84. The molecule has 1 heterocycles. The van der Waals surface area contributed by atoms with Crippen molar-refractivity contribution >= 4 is 21.7 Å². The molecule has 2 rings (SSSR count). The molecule has 0 N–H and O–H groups in total. The first-order valence-corrected chi connectivity index (χ1v) is 6.63. The molecule has 0 bridgehead atoms. The molecule has 8 heteroatoms. The predicted octanol–water partition coefficient (Wildman–Crippen LogP) is 3.65. The zero-order valence-electron chi connectivity index (χ0n) is 10.6. The lowest BCUT2D eigenvalue weighted by Gasteiger charge is -2.07. The van der Waals surface area contributed by atoms with E-state index in [9.17, 15) is 18.9 Å². The van der Waals surface area contributed by atoms with Gasteiger partial charge in [-0.3, -0.25) is 0 Å². The van der Waals surface area contributed by atoms with Gasteiger partial charge in [0.1, 0.15) is 11.6 Å². The van der Waals surface area contributed by atoms with Crippen LogP contribution in [0, 0.1) is 21.7 Å². The third kappa shape index (κ3) is 3.94. The Bertz CT molecular complexity index is 682. The van der Waals surface area contributed by atoms with Crippen molar-refractivity contribution in [3.8, 4) is 5.75 Å². The van der Waals surface area contributed by atoms with Gasteiger partial charge in [-0.05, 0) is 49.6 Å². The number of halogens is 3. The molecule has 1 aromatic carbocycles. The van der Waals surface area contributed by atoms with Crippen LogP contribution in [0.4, 0.5) is 14.6 Å². The minimum Gasteiger partial charge on any atom is -0.485 e. The van der Waals surface area contributed by atoms with Crippen LogP contribution in [0.1, 0.15) is 5.56 Å². The SMILES string of the molecule is O=[N+]([O-])c1ncc(Br)cc1OCCc1cc(F)ccc1F. The standard InChI is InChI=1S/C13H9BrF2N2O3/c14-9-6-12(13(17-7-9)18(19)20)21-4-3-8-5-10(15)1-2-11(8)16/h1-2,5-7H,3-4H2. The fraction of sp³-hybridized carbons (Fsp3) is 0.154. The van der Waals surface area contributed by atoms with Gasteiger partial charge < -0.3 is 14.9 Å². The summed E-state index contributed by atoms with van der Waals surface area (Å²) >= 11 is 3.13. The normalized spacial score (nSPS) is 10.4. The van der Waals surface area contributed by atoms with Crippen LogP contribution in [-0.2, 0) is 6.42 Å². The maximum absolute atomic E-state index is 13.4. The third-order valence-corrected chi connectivity index (χ3v) is 3.04. The second kappa shape index (κ2) is 6.57. The molecule has 1 aromatic heterocycles. The fourth-order valence-electron chi connectivity index (χ4n) is 1.66. The van der Waals surface area contributed by atoms with Gasteiger partial charge in [-0.25, -0.2) is 8.78 Å². The van der Waals surface area contributed by atoms with E-state index >= 15 is 0 Å². The molecule has 0 saturated heterocycles. The van der Waals surface area contributed by atoms with Crippen molar-refractivity contribution in [1.82, 2.24) is 4.98 Å². The number of nitrogens with zero attached hydrogens (tertiary/aromatic N) is 2. The van der Waals surface area contributed by atoms with Crippen LogP contribution in [0.3, 0.4) is 0 Å². The predicted molar refractivity (Wildman–Crippen MR) is 74.1 cm³/mol. The largest absolute Gasteiger partial charge is 0.485 e. The first kappa shape index (κ1) is 15.3. The highest BCUT2D eigenvalue weighted by Crippen LogP contribution is 2.27. The van der Waals surface area contributed by atoms with Crippen LogP contribution >= 0.6 is 15.9 Å². The molecule has 0 fully saturated rings. The molecule has 0 radical (unpaired) electrons. The molecule has 2 aromatic rings. The van der Waals surface area contributed by atoms with Crippen LogP contribution in [0.2, 0.25) is 0 Å². The average Bonchev–Trinajstić information content (AvgIpc) is 2.42. The Morgan fingerprint density at radius 3 is 2.81 bits per heavy atom. The zero-order chi connectivity index (χ0) is 15.4. The van der Waals surface area contributed by atoms with Crippen molar-refractivity contribution < 1.29 is 18.4 Å². The lowest BCUT2D eigenvalue weighted by molar-refractivity contribution is -0.390. The van der Waals surface area contributed by atoms with Crippen molar-refractivity contribution in [2.45, 2.75) is 6.42 Å². The Balaban J connectivity index is 2.08. The minimum atomic E-state index is -0.676. The Morgan fingerprint density at radius 2 is 2.10 bits per heavy atom. The van der Waals surface area contributed by atoms with Gasteiger partial charge in [0.2, 0.25) is 5.75 Å². The number of hydrogen-bond donors (Lipinski definition) is 0. The average molecular weight is 359 g/mol. The molecule has 21 heavy (non-hydrogen) atoms. The van der Waals surface area contributed by atoms with Crippen LogP contribution in [0.25, 0.3) is 0 Å². The van der Waals surface area contributed by atoms with Crippen molar-refractivity contribution in [3.63, 3.8) is 0 Å². The lowest BCUT2D eigenvalue weighted by Crippen LogP contribution is -2.06. The van der Waals surface area contributed by atoms with Gasteiger partial charge >= 0.3 is 5.82 Å². The van der Waals surface area contributed by atoms with Gasteiger partial charge in [-0.15, -0.1) is 0 Å². The summed E-state index contributed by atoms with van der Waals surface area (Å²) in [5, 5.41) is 10.8. The summed E-state index contributed by atoms with van der Waals surface area (Å²) in [5.41, 5.74) is 0.139. The summed E-state index contributed by atoms with van der Waals surface area (Å²) in [6.07, 6.45) is 1.35. The van der Waals surface area contributed by atoms with E-state index in [0.29, 0.717) is 4.47 Å². The molecule has 0 aliphatic heterocycles. The van der Waals surface area contributed by atoms with E-state index < -0.39 is 22.4 Å². The maximum Gasteiger partial charge on any atom is 0.406 e. The van der Waals surface area contributed by atoms with E-state index in [1.165, 1.54) is 12.3 Å². The fourth-order valence-corrected chi connectivity index (χ4v) is 1.97. The quantitative estimate of drug-likeness (QED) is 0.604. The first-order chi connectivity index (χ1) is 9.97. The Morgan fingerprint density at radius 1 is 1.33 bits per heavy atom. The molecular weight excluding hydrogens is 350 g/mol. The van der Waals surface area contributed by atoms with E-state index in [0.717, 1.165) is 18.2 Å². The van der Waals surface area contributed by atoms with Crippen LogP contribution in [0.15, 0.2) is 34.9 Å². The van der Waals surface area contributed by atoms with Crippen LogP contribution in [0.5, 0.6) is 5.75 Å². The topological polar surface area (TPSA) is 65.3 Å². The molecule has 5 nitrogen and oxygen atoms in total. The van der Waals surface area contributed by atoms with Gasteiger partial charge in [0.15, 0.2) is 6.20 Å². The number of ether oxygens (including phenoxy) is 1. The van der Waals surface area contributed by atoms with Crippen molar-refractivity contribution in [3.05, 3.63) is 62.2 Å². The summed E-state index contributed by atoms with van der Waals surface area (Å²) in [6.45, 7) is -0.0423. The lowest BCUT2D eigenvalue weighted by atomic mass is 10.1. The second-order valence-electron chi connectivity index (χ2n) is 4.07. The zero-order valence-corrected chi connectivity index (χ0v) is 12.1. The number of benzene rings is 1. The molecule has 0 amide bonds. The van der Waals surface area contributed by atoms with Gasteiger partial charge in [0.25, 0.3) is 0 Å². The number of hydrogen-bond acceptors (Lipinski definition) is 4. The van der Waals surface area contributed by atoms with Crippen LogP contribution < -0.4 is 4.74 Å². The summed E-state index contributed by atoms with van der Waals surface area (Å²) in [7, 11) is 0. The van der Waals surface area contributed by atoms with E-state index in [1.807, 2.05) is 0 Å². The second-order valence-corrected chi connectivity index (χ2v) is 4.98. The third-order valence-electron chi connectivity index (χ3n) is 2.61. The highest BCUT2D eigenvalue weighted by Gasteiger charge is 2.17. The van der Waals surface area contributed by atoms with Crippen molar-refractivity contribution in [2.24, 2.45) is 0 Å². The molecule has 110 valence electrons. The smallest absolute Gasteiger partial charge is 0.406 e. The Labute approximate surface area is 126 Å². The minimum absolute atomic E-state index is 0.0359. The summed E-state index contributed by atoms with van der Waals surface area (Å²) < 4.78 is 32.2. The van der Waals surface area contributed by atoms with E-state index in [2.05, 4.69) is 20.9 Å². The maximum atomic E-state index is 13.4. The van der Waals surface area contributed by atoms with E-state index in [1.54, 1.807) is 0 Å². The molecule has 0 unspecified atom stereocenters. The molecule has 0 saturated carbocycles. The molecule has 0 atom stereocenters. The summed E-state index contributed by atoms with van der Waals surface area (Å²) in [6, 6.07) is 4.50. The summed E-state index contributed by atoms with van der Waals surface area (Å²) in [4.78, 5) is 13.8. The van der Waals surface area contributed by atoms with E-state index in [-0.39, 0.29) is 24.3 Å². The van der Waals surface area contributed by atoms with Gasteiger partial charge in [-0.2, -0.15) is 0 Å². The number of aromatic nitrogens is 1. The van der Waals surface area contributed by atoms with Gasteiger partial charge in [0.05, 0.1) is 11.1 Å². The van der Waals surface area contributed by atoms with Crippen molar-refractivity contribution in [2.75, 3.05) is 6.61 Å². The van der Waals surface area contributed by atoms with Crippen LogP contribution in [-0.4, -0.2) is 16.5 Å². The summed E-state index contributed by atoms with van der Waals surface area (Å²) in [5.74, 6) is -1.58. The van der Waals surface area contributed by atoms with Gasteiger partial charge in [-0.1, -0.05) is 0 Å². The monoisotopic (exact) mass is 358 g/mol. The van der Waals surface area contributed by atoms with Crippen molar-refractivity contribution in [1.29, 1.82) is 0 Å². The molecule has 0 aliphatic carbocycles. The molecule has 0 aliphatic rings. The molecular formula is C13H9BrF2N2O3. The highest BCUT2D eigenvalue weighted by molar-refractivity contribution is 9.10. The Hall–Kier alpha value is -2.09. The van der Waals surface area contributed by atoms with E-state index in [4.69, 9.17) is 4.74 Å². The Kier molecular flexibility index (Phi) is 4.79. The number of rotatable bonds is 5. The van der Waals surface area contributed by atoms with Gasteiger partial charge in [0, 0.05) is 12.5 Å².